The largest absolute Gasteiger partial charge is 0.485 e. The molecular formula is C13H16BrN3O. The van der Waals surface area contributed by atoms with Crippen molar-refractivity contribution in [3.05, 3.63) is 42.0 Å². The first-order valence-electron chi connectivity index (χ1n) is 5.87. The van der Waals surface area contributed by atoms with Crippen LogP contribution in [0.5, 0.6) is 5.75 Å². The van der Waals surface area contributed by atoms with Crippen LogP contribution >= 0.6 is 15.9 Å². The first-order chi connectivity index (χ1) is 8.72. The maximum absolute atomic E-state index is 5.81. The fourth-order valence-corrected chi connectivity index (χ4v) is 2.17. The highest BCUT2D eigenvalue weighted by molar-refractivity contribution is 9.08. The van der Waals surface area contributed by atoms with Crippen LogP contribution in [0.3, 0.4) is 0 Å². The first kappa shape index (κ1) is 13.1. The molecule has 0 atom stereocenters. The van der Waals surface area contributed by atoms with Gasteiger partial charge in [-0.3, -0.25) is 0 Å². The third-order valence-electron chi connectivity index (χ3n) is 2.61. The highest BCUT2D eigenvalue weighted by Gasteiger charge is 2.09. The average Bonchev–Trinajstić information content (AvgIpc) is 2.85. The molecule has 0 bridgehead atoms. The minimum absolute atomic E-state index is 0.289. The molecule has 0 spiro atoms. The van der Waals surface area contributed by atoms with Crippen molar-refractivity contribution < 1.29 is 4.74 Å². The lowest BCUT2D eigenvalue weighted by atomic mass is 10.2. The smallest absolute Gasteiger partial charge is 0.165 e. The number of halogens is 1. The second-order valence-electron chi connectivity index (χ2n) is 4.24. The van der Waals surface area contributed by atoms with Gasteiger partial charge in [-0.1, -0.05) is 34.1 Å². The van der Waals surface area contributed by atoms with Crippen LogP contribution < -0.4 is 4.74 Å². The van der Waals surface area contributed by atoms with Gasteiger partial charge in [0.2, 0.25) is 0 Å². The Hall–Kier alpha value is -1.36. The van der Waals surface area contributed by atoms with E-state index < -0.39 is 0 Å². The number of alkyl halides is 1. The maximum atomic E-state index is 5.81. The van der Waals surface area contributed by atoms with Crippen LogP contribution in [0, 0.1) is 0 Å². The number of hydrogen-bond donors (Lipinski definition) is 0. The van der Waals surface area contributed by atoms with E-state index in [0.717, 1.165) is 22.5 Å². The number of para-hydroxylation sites is 1. The lowest BCUT2D eigenvalue weighted by Crippen LogP contribution is -2.11. The molecule has 0 N–H and O–H groups in total. The van der Waals surface area contributed by atoms with Gasteiger partial charge in [0, 0.05) is 16.9 Å². The van der Waals surface area contributed by atoms with Gasteiger partial charge in [0.25, 0.3) is 0 Å². The Morgan fingerprint density at radius 2 is 2.11 bits per heavy atom. The topological polar surface area (TPSA) is 39.9 Å². The SMILES string of the molecule is CC(C)n1ncnc1COc1ccccc1CBr. The van der Waals surface area contributed by atoms with Crippen molar-refractivity contribution in [1.82, 2.24) is 14.8 Å². The molecule has 2 rings (SSSR count). The Bertz CT molecular complexity index is 510. The van der Waals surface area contributed by atoms with Gasteiger partial charge in [-0.25, -0.2) is 9.67 Å². The number of ether oxygens (including phenoxy) is 1. The van der Waals surface area contributed by atoms with Crippen molar-refractivity contribution in [2.45, 2.75) is 31.8 Å². The molecular weight excluding hydrogens is 294 g/mol. The molecule has 4 nitrogen and oxygen atoms in total. The highest BCUT2D eigenvalue weighted by atomic mass is 79.9. The zero-order chi connectivity index (χ0) is 13.0. The predicted octanol–water partition coefficient (Wildman–Crippen LogP) is 3.33. The van der Waals surface area contributed by atoms with Gasteiger partial charge in [-0.15, -0.1) is 0 Å². The third-order valence-corrected chi connectivity index (χ3v) is 3.21. The summed E-state index contributed by atoms with van der Waals surface area (Å²) in [5.41, 5.74) is 1.13. The average molecular weight is 310 g/mol. The summed E-state index contributed by atoms with van der Waals surface area (Å²) in [4.78, 5) is 4.22. The van der Waals surface area contributed by atoms with E-state index in [4.69, 9.17) is 4.74 Å². The molecule has 18 heavy (non-hydrogen) atoms. The van der Waals surface area contributed by atoms with Crippen molar-refractivity contribution in [2.75, 3.05) is 0 Å². The quantitative estimate of drug-likeness (QED) is 0.795. The van der Waals surface area contributed by atoms with E-state index in [9.17, 15) is 0 Å². The summed E-state index contributed by atoms with van der Waals surface area (Å²) in [6, 6.07) is 8.26. The lowest BCUT2D eigenvalue weighted by Gasteiger charge is -2.12. The normalized spacial score (nSPS) is 10.9. The van der Waals surface area contributed by atoms with Crippen LogP contribution in [-0.2, 0) is 11.9 Å². The molecule has 0 unspecified atom stereocenters. The van der Waals surface area contributed by atoms with Crippen LogP contribution in [0.4, 0.5) is 0 Å². The molecule has 0 aliphatic heterocycles. The van der Waals surface area contributed by atoms with Crippen LogP contribution in [0.2, 0.25) is 0 Å². The van der Waals surface area contributed by atoms with Gasteiger partial charge >= 0.3 is 0 Å². The van der Waals surface area contributed by atoms with Crippen LogP contribution in [0.15, 0.2) is 30.6 Å². The maximum Gasteiger partial charge on any atom is 0.165 e. The second-order valence-corrected chi connectivity index (χ2v) is 4.81. The lowest BCUT2D eigenvalue weighted by molar-refractivity contribution is 0.280. The molecule has 0 radical (unpaired) electrons. The molecule has 0 fully saturated rings. The zero-order valence-corrected chi connectivity index (χ0v) is 12.1. The number of hydrogen-bond acceptors (Lipinski definition) is 3. The van der Waals surface area contributed by atoms with Gasteiger partial charge in [0.15, 0.2) is 5.82 Å². The van der Waals surface area contributed by atoms with Gasteiger partial charge < -0.3 is 4.74 Å². The number of nitrogens with zero attached hydrogens (tertiary/aromatic N) is 3. The second kappa shape index (κ2) is 6.00. The van der Waals surface area contributed by atoms with Crippen molar-refractivity contribution in [2.24, 2.45) is 0 Å². The molecule has 0 saturated carbocycles. The van der Waals surface area contributed by atoms with Gasteiger partial charge in [-0.05, 0) is 19.9 Å². The molecule has 2 aromatic rings. The molecule has 0 aliphatic rings. The van der Waals surface area contributed by atoms with Crippen molar-refractivity contribution in [1.29, 1.82) is 0 Å². The zero-order valence-electron chi connectivity index (χ0n) is 10.5. The Kier molecular flexibility index (Phi) is 4.36. The highest BCUT2D eigenvalue weighted by Crippen LogP contribution is 2.21. The minimum atomic E-state index is 0.289. The van der Waals surface area contributed by atoms with Crippen molar-refractivity contribution in [3.8, 4) is 5.75 Å². The summed E-state index contributed by atoms with van der Waals surface area (Å²) in [5.74, 6) is 1.72. The van der Waals surface area contributed by atoms with E-state index in [1.54, 1.807) is 6.33 Å². The first-order valence-corrected chi connectivity index (χ1v) is 6.99. The number of benzene rings is 1. The molecule has 96 valence electrons. The summed E-state index contributed by atoms with van der Waals surface area (Å²) in [7, 11) is 0. The summed E-state index contributed by atoms with van der Waals surface area (Å²) in [5, 5.41) is 4.96. The monoisotopic (exact) mass is 309 g/mol. The van der Waals surface area contributed by atoms with Gasteiger partial charge in [0.05, 0.1) is 0 Å². The van der Waals surface area contributed by atoms with E-state index >= 15 is 0 Å². The van der Waals surface area contributed by atoms with E-state index in [-0.39, 0.29) is 6.04 Å². The Morgan fingerprint density at radius 1 is 1.33 bits per heavy atom. The van der Waals surface area contributed by atoms with E-state index in [1.165, 1.54) is 0 Å². The van der Waals surface area contributed by atoms with Crippen molar-refractivity contribution >= 4 is 15.9 Å². The summed E-state index contributed by atoms with van der Waals surface area (Å²) < 4.78 is 7.68. The van der Waals surface area contributed by atoms with Gasteiger partial charge in [-0.2, -0.15) is 5.10 Å². The van der Waals surface area contributed by atoms with Gasteiger partial charge in [0.1, 0.15) is 18.7 Å². The molecule has 1 aromatic carbocycles. The molecule has 5 heteroatoms. The van der Waals surface area contributed by atoms with Crippen molar-refractivity contribution in [3.63, 3.8) is 0 Å². The summed E-state index contributed by atoms with van der Waals surface area (Å²) in [6.07, 6.45) is 1.56. The molecule has 0 amide bonds. The molecule has 1 aromatic heterocycles. The summed E-state index contributed by atoms with van der Waals surface area (Å²) in [6.45, 7) is 4.58. The molecule has 1 heterocycles. The van der Waals surface area contributed by atoms with E-state index in [1.807, 2.05) is 28.9 Å². The molecule has 0 aliphatic carbocycles. The fourth-order valence-electron chi connectivity index (χ4n) is 1.71. The summed E-state index contributed by atoms with van der Waals surface area (Å²) >= 11 is 3.45. The number of rotatable bonds is 5. The molecule has 0 saturated heterocycles. The Balaban J connectivity index is 2.09. The van der Waals surface area contributed by atoms with Crippen LogP contribution in [0.25, 0.3) is 0 Å². The number of aromatic nitrogens is 3. The Morgan fingerprint density at radius 3 is 2.83 bits per heavy atom. The standard InChI is InChI=1S/C13H16BrN3O/c1-10(2)17-13(15-9-16-17)8-18-12-6-4-3-5-11(12)7-14/h3-6,9-10H,7-8H2,1-2H3. The fraction of sp³-hybridized carbons (Fsp3) is 0.385. The van der Waals surface area contributed by atoms with E-state index in [0.29, 0.717) is 6.61 Å². The van der Waals surface area contributed by atoms with Crippen LogP contribution in [0.1, 0.15) is 31.3 Å². The minimum Gasteiger partial charge on any atom is -0.485 e. The van der Waals surface area contributed by atoms with E-state index in [2.05, 4.69) is 39.9 Å². The van der Waals surface area contributed by atoms with Crippen LogP contribution in [-0.4, -0.2) is 14.8 Å². The Labute approximate surface area is 115 Å². The predicted molar refractivity (Wildman–Crippen MR) is 73.8 cm³/mol. The third kappa shape index (κ3) is 2.90.